The molecular formula is C23H21F3N4O3. The van der Waals surface area contributed by atoms with Gasteiger partial charge in [0.25, 0.3) is 5.69 Å². The van der Waals surface area contributed by atoms with Crippen LogP contribution < -0.4 is 5.43 Å². The highest BCUT2D eigenvalue weighted by atomic mass is 19.4. The molecular weight excluding hydrogens is 437 g/mol. The van der Waals surface area contributed by atoms with E-state index in [2.05, 4.69) is 10.5 Å². The summed E-state index contributed by atoms with van der Waals surface area (Å²) in [5.74, 6) is -0.562. The molecule has 0 fully saturated rings. The Bertz CT molecular complexity index is 1250. The second-order valence-electron chi connectivity index (χ2n) is 7.56. The van der Waals surface area contributed by atoms with E-state index in [1.807, 2.05) is 24.5 Å². The number of aromatic nitrogens is 1. The molecule has 33 heavy (non-hydrogen) atoms. The van der Waals surface area contributed by atoms with E-state index in [1.165, 1.54) is 24.4 Å². The lowest BCUT2D eigenvalue weighted by atomic mass is 10.1. The van der Waals surface area contributed by atoms with Gasteiger partial charge in [-0.05, 0) is 44.5 Å². The van der Waals surface area contributed by atoms with Crippen LogP contribution in [0.25, 0.3) is 5.69 Å². The maximum Gasteiger partial charge on any atom is 0.416 e. The minimum atomic E-state index is -4.48. The number of nitrogens with zero attached hydrogens (tertiary/aromatic N) is 3. The van der Waals surface area contributed by atoms with E-state index in [0.29, 0.717) is 16.8 Å². The minimum Gasteiger partial charge on any atom is -0.318 e. The molecule has 172 valence electrons. The first-order valence-corrected chi connectivity index (χ1v) is 9.89. The number of benzene rings is 2. The van der Waals surface area contributed by atoms with Gasteiger partial charge in [-0.1, -0.05) is 24.3 Å². The molecule has 0 aliphatic carbocycles. The van der Waals surface area contributed by atoms with Crippen LogP contribution in [0.5, 0.6) is 0 Å². The van der Waals surface area contributed by atoms with Crippen molar-refractivity contribution >= 4 is 17.8 Å². The van der Waals surface area contributed by atoms with Gasteiger partial charge in [0.05, 0.1) is 28.8 Å². The zero-order valence-corrected chi connectivity index (χ0v) is 18.1. The Balaban J connectivity index is 1.74. The summed E-state index contributed by atoms with van der Waals surface area (Å²) in [6.07, 6.45) is -3.32. The van der Waals surface area contributed by atoms with E-state index < -0.39 is 22.6 Å². The Morgan fingerprint density at radius 1 is 1.15 bits per heavy atom. The molecule has 0 spiro atoms. The lowest BCUT2D eigenvalue weighted by molar-refractivity contribution is -0.385. The van der Waals surface area contributed by atoms with Crippen molar-refractivity contribution < 1.29 is 22.9 Å². The third-order valence-electron chi connectivity index (χ3n) is 5.13. The third-order valence-corrected chi connectivity index (χ3v) is 5.13. The van der Waals surface area contributed by atoms with Gasteiger partial charge < -0.3 is 4.57 Å². The molecule has 1 N–H and O–H groups in total. The number of halogens is 3. The van der Waals surface area contributed by atoms with Crippen LogP contribution in [0.2, 0.25) is 0 Å². The van der Waals surface area contributed by atoms with Gasteiger partial charge in [-0.15, -0.1) is 0 Å². The van der Waals surface area contributed by atoms with Gasteiger partial charge in [0.1, 0.15) is 0 Å². The standard InChI is InChI=1S/C23H21F3N4O3/c1-14-7-8-20(12-21(14)30(32)33)29-15(2)9-18(16(29)3)13-27-28-22(31)11-17-5-4-6-19(10-17)23(24,25)26/h4-10,12-13H,11H2,1-3H3,(H,28,31)/b27-13+. The number of amides is 1. The summed E-state index contributed by atoms with van der Waals surface area (Å²) in [5.41, 5.74) is 5.14. The molecule has 1 heterocycles. The van der Waals surface area contributed by atoms with Crippen LogP contribution in [-0.2, 0) is 17.4 Å². The summed E-state index contributed by atoms with van der Waals surface area (Å²) < 4.78 is 40.3. The van der Waals surface area contributed by atoms with Crippen LogP contribution in [0, 0.1) is 30.9 Å². The summed E-state index contributed by atoms with van der Waals surface area (Å²) in [5, 5.41) is 15.2. The van der Waals surface area contributed by atoms with Gasteiger partial charge in [-0.3, -0.25) is 14.9 Å². The lowest BCUT2D eigenvalue weighted by Crippen LogP contribution is -2.20. The number of hydrogen-bond donors (Lipinski definition) is 1. The van der Waals surface area contributed by atoms with E-state index in [1.54, 1.807) is 19.1 Å². The second kappa shape index (κ2) is 9.27. The Morgan fingerprint density at radius 3 is 2.55 bits per heavy atom. The van der Waals surface area contributed by atoms with Crippen molar-refractivity contribution in [1.29, 1.82) is 0 Å². The fourth-order valence-electron chi connectivity index (χ4n) is 3.51. The van der Waals surface area contributed by atoms with E-state index >= 15 is 0 Å². The molecule has 0 aliphatic rings. The Hall–Kier alpha value is -3.95. The molecule has 2 aromatic carbocycles. The minimum absolute atomic E-state index is 0.0112. The molecule has 0 aliphatic heterocycles. The molecule has 0 saturated heterocycles. The van der Waals surface area contributed by atoms with Crippen molar-refractivity contribution in [2.24, 2.45) is 5.10 Å². The first kappa shape index (κ1) is 23.7. The SMILES string of the molecule is Cc1ccc(-n2c(C)cc(/C=N/NC(=O)Cc3cccc(C(F)(F)F)c3)c2C)cc1[N+](=O)[O-]. The predicted octanol–water partition coefficient (Wildman–Crippen LogP) is 5.02. The van der Waals surface area contributed by atoms with E-state index in [4.69, 9.17) is 0 Å². The molecule has 7 nitrogen and oxygen atoms in total. The topological polar surface area (TPSA) is 89.5 Å². The van der Waals surface area contributed by atoms with Gasteiger partial charge in [0.15, 0.2) is 0 Å². The van der Waals surface area contributed by atoms with Crippen molar-refractivity contribution in [2.75, 3.05) is 0 Å². The van der Waals surface area contributed by atoms with Crippen LogP contribution in [-0.4, -0.2) is 21.6 Å². The Morgan fingerprint density at radius 2 is 1.88 bits per heavy atom. The third kappa shape index (κ3) is 5.46. The zero-order chi connectivity index (χ0) is 24.3. The van der Waals surface area contributed by atoms with Crippen molar-refractivity contribution in [3.63, 3.8) is 0 Å². The van der Waals surface area contributed by atoms with Gasteiger partial charge in [-0.2, -0.15) is 18.3 Å². The highest BCUT2D eigenvalue weighted by Crippen LogP contribution is 2.29. The number of hydrazone groups is 1. The van der Waals surface area contributed by atoms with Crippen LogP contribution >= 0.6 is 0 Å². The van der Waals surface area contributed by atoms with Crippen LogP contribution in [0.3, 0.4) is 0 Å². The number of carbonyl (C=O) groups excluding carboxylic acids is 1. The van der Waals surface area contributed by atoms with E-state index in [9.17, 15) is 28.1 Å². The molecule has 10 heteroatoms. The fourth-order valence-corrected chi connectivity index (χ4v) is 3.51. The zero-order valence-electron chi connectivity index (χ0n) is 18.1. The maximum atomic E-state index is 12.8. The monoisotopic (exact) mass is 458 g/mol. The molecule has 0 saturated carbocycles. The first-order chi connectivity index (χ1) is 15.5. The smallest absolute Gasteiger partial charge is 0.318 e. The number of rotatable bonds is 6. The van der Waals surface area contributed by atoms with Gasteiger partial charge >= 0.3 is 6.18 Å². The molecule has 0 unspecified atom stereocenters. The maximum absolute atomic E-state index is 12.8. The largest absolute Gasteiger partial charge is 0.416 e. The van der Waals surface area contributed by atoms with Gasteiger partial charge in [0, 0.05) is 28.6 Å². The van der Waals surface area contributed by atoms with Crippen LogP contribution in [0.4, 0.5) is 18.9 Å². The van der Waals surface area contributed by atoms with Crippen molar-refractivity contribution in [2.45, 2.75) is 33.4 Å². The van der Waals surface area contributed by atoms with Crippen LogP contribution in [0.15, 0.2) is 53.6 Å². The Kier molecular flexibility index (Phi) is 6.66. The average molecular weight is 458 g/mol. The molecule has 1 aromatic heterocycles. The number of hydrogen-bond acceptors (Lipinski definition) is 4. The summed E-state index contributed by atoms with van der Waals surface area (Å²) in [6, 6.07) is 11.3. The predicted molar refractivity (Wildman–Crippen MR) is 118 cm³/mol. The number of alkyl halides is 3. The summed E-state index contributed by atoms with van der Waals surface area (Å²) in [4.78, 5) is 22.9. The number of aryl methyl sites for hydroxylation is 2. The molecule has 3 aromatic rings. The van der Waals surface area contributed by atoms with Crippen molar-refractivity contribution in [3.8, 4) is 5.69 Å². The quantitative estimate of drug-likeness (QED) is 0.319. The lowest BCUT2D eigenvalue weighted by Gasteiger charge is -2.10. The van der Waals surface area contributed by atoms with Crippen molar-refractivity contribution in [3.05, 3.63) is 92.3 Å². The van der Waals surface area contributed by atoms with Gasteiger partial charge in [-0.25, -0.2) is 5.43 Å². The number of carbonyl (C=O) groups is 1. The fraction of sp³-hybridized carbons (Fsp3) is 0.217. The average Bonchev–Trinajstić information content (AvgIpc) is 3.01. The molecule has 3 rings (SSSR count). The summed E-state index contributed by atoms with van der Waals surface area (Å²) >= 11 is 0. The number of nitro groups is 1. The molecule has 1 amide bonds. The normalized spacial score (nSPS) is 11.7. The summed E-state index contributed by atoms with van der Waals surface area (Å²) in [7, 11) is 0. The number of nitrogens with one attached hydrogen (secondary N) is 1. The highest BCUT2D eigenvalue weighted by molar-refractivity contribution is 5.85. The number of nitro benzene ring substituents is 1. The van der Waals surface area contributed by atoms with Gasteiger partial charge in [0.2, 0.25) is 5.91 Å². The molecule has 0 bridgehead atoms. The molecule has 0 radical (unpaired) electrons. The second-order valence-corrected chi connectivity index (χ2v) is 7.56. The van der Waals surface area contributed by atoms with E-state index in [-0.39, 0.29) is 17.7 Å². The van der Waals surface area contributed by atoms with Crippen molar-refractivity contribution in [1.82, 2.24) is 9.99 Å². The summed E-state index contributed by atoms with van der Waals surface area (Å²) in [6.45, 7) is 5.31. The first-order valence-electron chi connectivity index (χ1n) is 9.89. The highest BCUT2D eigenvalue weighted by Gasteiger charge is 2.30. The van der Waals surface area contributed by atoms with E-state index in [0.717, 1.165) is 23.5 Å². The molecule has 0 atom stereocenters. The van der Waals surface area contributed by atoms with Crippen LogP contribution in [0.1, 0.15) is 33.6 Å². The Labute approximate surface area is 187 Å².